The highest BCUT2D eigenvalue weighted by molar-refractivity contribution is 7.89. The molecule has 0 aromatic heterocycles. The van der Waals surface area contributed by atoms with Crippen LogP contribution in [0.25, 0.3) is 0 Å². The molecule has 9 heteroatoms. The number of aryl methyl sites for hydroxylation is 2. The Morgan fingerprint density at radius 2 is 1.83 bits per heavy atom. The second-order valence-corrected chi connectivity index (χ2v) is 8.30. The average molecular weight is 419 g/mol. The fourth-order valence-corrected chi connectivity index (χ4v) is 4.09. The summed E-state index contributed by atoms with van der Waals surface area (Å²) in [5, 5.41) is 0. The van der Waals surface area contributed by atoms with Crippen molar-refractivity contribution in [3.8, 4) is 11.5 Å². The van der Waals surface area contributed by atoms with Crippen LogP contribution in [0.15, 0.2) is 41.3 Å². The van der Waals surface area contributed by atoms with Crippen LogP contribution in [0.2, 0.25) is 0 Å². The maximum atomic E-state index is 12.4. The van der Waals surface area contributed by atoms with E-state index in [1.54, 1.807) is 38.1 Å². The van der Waals surface area contributed by atoms with Crippen molar-refractivity contribution >= 4 is 21.8 Å². The van der Waals surface area contributed by atoms with Crippen LogP contribution in [0.3, 0.4) is 0 Å². The zero-order valence-electron chi connectivity index (χ0n) is 16.1. The number of esters is 1. The van der Waals surface area contributed by atoms with E-state index in [1.807, 2.05) is 6.07 Å². The van der Waals surface area contributed by atoms with Crippen LogP contribution < -0.4 is 14.2 Å². The molecule has 0 fully saturated rings. The fourth-order valence-electron chi connectivity index (χ4n) is 2.73. The number of fused-ring (bicyclic) bond motifs is 1. The van der Waals surface area contributed by atoms with Gasteiger partial charge < -0.3 is 14.2 Å². The van der Waals surface area contributed by atoms with Crippen molar-refractivity contribution in [1.29, 1.82) is 0 Å². The smallest absolute Gasteiger partial charge is 0.307 e. The second-order valence-electron chi connectivity index (χ2n) is 6.57. The molecule has 1 N–H and O–H groups in total. The van der Waals surface area contributed by atoms with Gasteiger partial charge in [-0.05, 0) is 49.2 Å². The zero-order chi connectivity index (χ0) is 21.0. The van der Waals surface area contributed by atoms with Crippen molar-refractivity contribution in [3.63, 3.8) is 0 Å². The first kappa shape index (κ1) is 20.8. The van der Waals surface area contributed by atoms with Gasteiger partial charge in [0.15, 0.2) is 23.9 Å². The summed E-state index contributed by atoms with van der Waals surface area (Å²) in [7, 11) is -3.74. The molecule has 1 aliphatic heterocycles. The molecule has 0 unspecified atom stereocenters. The monoisotopic (exact) mass is 419 g/mol. The Kier molecular flexibility index (Phi) is 6.19. The molecule has 0 bridgehead atoms. The summed E-state index contributed by atoms with van der Waals surface area (Å²) in [6.07, 6.45) is -0.196. The first-order chi connectivity index (χ1) is 13.8. The van der Waals surface area contributed by atoms with Crippen molar-refractivity contribution in [2.75, 3.05) is 19.9 Å². The van der Waals surface area contributed by atoms with E-state index in [0.29, 0.717) is 22.6 Å². The van der Waals surface area contributed by atoms with Crippen LogP contribution in [-0.2, 0) is 19.6 Å². The van der Waals surface area contributed by atoms with Crippen molar-refractivity contribution in [2.45, 2.75) is 25.2 Å². The van der Waals surface area contributed by atoms with Crippen molar-refractivity contribution in [2.24, 2.45) is 0 Å². The summed E-state index contributed by atoms with van der Waals surface area (Å²) in [4.78, 5) is 24.2. The van der Waals surface area contributed by atoms with Gasteiger partial charge in [0.2, 0.25) is 16.8 Å². The third kappa shape index (κ3) is 5.12. The van der Waals surface area contributed by atoms with E-state index < -0.39 is 28.4 Å². The quantitative estimate of drug-likeness (QED) is 0.516. The number of rotatable bonds is 8. The number of Topliss-reactive ketones (excluding diaryl/α,β-unsaturated/α-hetero) is 1. The molecule has 2 aromatic carbocycles. The van der Waals surface area contributed by atoms with Gasteiger partial charge in [-0.25, -0.2) is 13.1 Å². The first-order valence-electron chi connectivity index (χ1n) is 8.91. The van der Waals surface area contributed by atoms with Gasteiger partial charge in [-0.15, -0.1) is 0 Å². The molecule has 0 radical (unpaired) electrons. The van der Waals surface area contributed by atoms with E-state index in [0.717, 1.165) is 5.56 Å². The topological polar surface area (TPSA) is 108 Å². The first-order valence-corrected chi connectivity index (χ1v) is 10.4. The molecule has 154 valence electrons. The van der Waals surface area contributed by atoms with Crippen LogP contribution in [0.4, 0.5) is 0 Å². The lowest BCUT2D eigenvalue weighted by atomic mass is 10.1. The standard InChI is InChI=1S/C20H21NO7S/c1-13-3-4-14(2)19(9-13)29(24,25)21-8-7-20(23)26-11-16(22)15-5-6-17-18(10-15)28-12-27-17/h3-6,9-10,21H,7-8,11-12H2,1-2H3. The Morgan fingerprint density at radius 3 is 2.62 bits per heavy atom. The molecule has 0 aliphatic carbocycles. The second kappa shape index (κ2) is 8.62. The predicted molar refractivity (Wildman–Crippen MR) is 104 cm³/mol. The molecule has 0 saturated carbocycles. The Labute approximate surface area is 168 Å². The molecule has 0 atom stereocenters. The summed E-state index contributed by atoms with van der Waals surface area (Å²) in [5.74, 6) is -0.0620. The van der Waals surface area contributed by atoms with Gasteiger partial charge >= 0.3 is 5.97 Å². The van der Waals surface area contributed by atoms with E-state index in [1.165, 1.54) is 6.07 Å². The minimum absolute atomic E-state index is 0.0972. The number of hydrogen-bond donors (Lipinski definition) is 1. The van der Waals surface area contributed by atoms with E-state index in [9.17, 15) is 18.0 Å². The number of carbonyl (C=O) groups excluding carboxylic acids is 2. The van der Waals surface area contributed by atoms with E-state index in [-0.39, 0.29) is 24.7 Å². The molecule has 1 heterocycles. The van der Waals surface area contributed by atoms with Crippen molar-refractivity contribution in [1.82, 2.24) is 4.72 Å². The summed E-state index contributed by atoms with van der Waals surface area (Å²) in [5.41, 5.74) is 1.76. The van der Waals surface area contributed by atoms with Gasteiger partial charge in [-0.2, -0.15) is 0 Å². The summed E-state index contributed by atoms with van der Waals surface area (Å²) < 4.78 is 42.5. The number of sulfonamides is 1. The van der Waals surface area contributed by atoms with Gasteiger partial charge in [0, 0.05) is 12.1 Å². The van der Waals surface area contributed by atoms with E-state index in [4.69, 9.17) is 14.2 Å². The average Bonchev–Trinajstić information content (AvgIpc) is 3.15. The van der Waals surface area contributed by atoms with Crippen LogP contribution >= 0.6 is 0 Å². The maximum Gasteiger partial charge on any atom is 0.307 e. The highest BCUT2D eigenvalue weighted by Gasteiger charge is 2.19. The molecule has 8 nitrogen and oxygen atoms in total. The molecule has 0 amide bonds. The van der Waals surface area contributed by atoms with Crippen molar-refractivity contribution < 1.29 is 32.2 Å². The van der Waals surface area contributed by atoms with Crippen molar-refractivity contribution in [3.05, 3.63) is 53.1 Å². The summed E-state index contributed by atoms with van der Waals surface area (Å²) in [6.45, 7) is 3.02. The Bertz CT molecular complexity index is 1050. The Hall–Kier alpha value is -2.91. The molecular formula is C20H21NO7S. The highest BCUT2D eigenvalue weighted by Crippen LogP contribution is 2.32. The number of carbonyl (C=O) groups is 2. The van der Waals surface area contributed by atoms with Crippen LogP contribution in [0.1, 0.15) is 27.9 Å². The molecule has 29 heavy (non-hydrogen) atoms. The normalized spacial score (nSPS) is 12.6. The lowest BCUT2D eigenvalue weighted by molar-refractivity contribution is -0.142. The summed E-state index contributed by atoms with van der Waals surface area (Å²) >= 11 is 0. The largest absolute Gasteiger partial charge is 0.457 e. The van der Waals surface area contributed by atoms with Crippen LogP contribution in [0, 0.1) is 13.8 Å². The molecule has 0 saturated heterocycles. The number of ketones is 1. The van der Waals surface area contributed by atoms with Gasteiger partial charge in [0.05, 0.1) is 11.3 Å². The molecule has 2 aromatic rings. The van der Waals surface area contributed by atoms with Gasteiger partial charge in [-0.3, -0.25) is 9.59 Å². The van der Waals surface area contributed by atoms with Crippen LogP contribution in [0.5, 0.6) is 11.5 Å². The van der Waals surface area contributed by atoms with E-state index in [2.05, 4.69) is 4.72 Å². The number of benzene rings is 2. The van der Waals surface area contributed by atoms with Gasteiger partial charge in [-0.1, -0.05) is 12.1 Å². The van der Waals surface area contributed by atoms with Crippen LogP contribution in [-0.4, -0.2) is 40.1 Å². The zero-order valence-corrected chi connectivity index (χ0v) is 16.9. The Morgan fingerprint density at radius 1 is 1.07 bits per heavy atom. The lowest BCUT2D eigenvalue weighted by Gasteiger charge is -2.10. The fraction of sp³-hybridized carbons (Fsp3) is 0.300. The van der Waals surface area contributed by atoms with Gasteiger partial charge in [0.25, 0.3) is 0 Å². The number of hydrogen-bond acceptors (Lipinski definition) is 7. The lowest BCUT2D eigenvalue weighted by Crippen LogP contribution is -2.28. The minimum atomic E-state index is -3.74. The molecule has 3 rings (SSSR count). The highest BCUT2D eigenvalue weighted by atomic mass is 32.2. The molecule has 1 aliphatic rings. The molecular weight excluding hydrogens is 398 g/mol. The van der Waals surface area contributed by atoms with Gasteiger partial charge in [0.1, 0.15) is 0 Å². The Balaban J connectivity index is 1.47. The maximum absolute atomic E-state index is 12.4. The minimum Gasteiger partial charge on any atom is -0.457 e. The number of ether oxygens (including phenoxy) is 3. The number of nitrogens with one attached hydrogen (secondary N) is 1. The third-order valence-corrected chi connectivity index (χ3v) is 5.92. The van der Waals surface area contributed by atoms with E-state index >= 15 is 0 Å². The predicted octanol–water partition coefficient (Wildman–Crippen LogP) is 2.13. The summed E-state index contributed by atoms with van der Waals surface area (Å²) in [6, 6.07) is 9.81. The third-order valence-electron chi connectivity index (χ3n) is 4.31. The SMILES string of the molecule is Cc1ccc(C)c(S(=O)(=O)NCCC(=O)OCC(=O)c2ccc3c(c2)OCO3)c1. The molecule has 0 spiro atoms.